The van der Waals surface area contributed by atoms with Crippen molar-refractivity contribution in [3.8, 4) is 0 Å². The topological polar surface area (TPSA) is 70.2 Å². The van der Waals surface area contributed by atoms with Crippen LogP contribution in [0.4, 0.5) is 5.82 Å². The first-order chi connectivity index (χ1) is 11.5. The summed E-state index contributed by atoms with van der Waals surface area (Å²) in [4.78, 5) is 22.6. The van der Waals surface area contributed by atoms with Crippen LogP contribution in [0, 0.1) is 6.92 Å². The smallest absolute Gasteiger partial charge is 0.270 e. The number of rotatable bonds is 8. The standard InChI is InChI=1S/C18H25N5O/c1-14-5-7-15(8-6-14)12-20-18(24)16-11-17(22-13-21-16)19-9-4-10-23(2)3/h5-8,11,13H,4,9-10,12H2,1-3H3,(H,20,24)(H,19,21,22). The van der Waals surface area contributed by atoms with Crippen molar-refractivity contribution in [1.29, 1.82) is 0 Å². The number of aromatic nitrogens is 2. The number of nitrogens with one attached hydrogen (secondary N) is 2. The number of carbonyl (C=O) groups excluding carboxylic acids is 1. The van der Waals surface area contributed by atoms with Gasteiger partial charge in [-0.1, -0.05) is 29.8 Å². The van der Waals surface area contributed by atoms with Crippen LogP contribution in [0.1, 0.15) is 28.0 Å². The van der Waals surface area contributed by atoms with Gasteiger partial charge in [0.2, 0.25) is 0 Å². The molecule has 1 aromatic heterocycles. The molecule has 0 unspecified atom stereocenters. The van der Waals surface area contributed by atoms with E-state index in [9.17, 15) is 4.79 Å². The predicted molar refractivity (Wildman–Crippen MR) is 96.0 cm³/mol. The van der Waals surface area contributed by atoms with Crippen molar-refractivity contribution >= 4 is 11.7 Å². The average Bonchev–Trinajstić information content (AvgIpc) is 2.58. The Labute approximate surface area is 143 Å². The third-order valence-electron chi connectivity index (χ3n) is 3.56. The Balaban J connectivity index is 1.85. The summed E-state index contributed by atoms with van der Waals surface area (Å²) < 4.78 is 0. The molecule has 6 heteroatoms. The fourth-order valence-electron chi connectivity index (χ4n) is 2.17. The van der Waals surface area contributed by atoms with E-state index in [4.69, 9.17) is 0 Å². The second-order valence-corrected chi connectivity index (χ2v) is 6.04. The van der Waals surface area contributed by atoms with Crippen LogP contribution in [-0.4, -0.2) is 48.0 Å². The van der Waals surface area contributed by atoms with Gasteiger partial charge in [-0.25, -0.2) is 9.97 Å². The molecule has 0 fully saturated rings. The molecular weight excluding hydrogens is 302 g/mol. The predicted octanol–water partition coefficient (Wildman–Crippen LogP) is 2.08. The van der Waals surface area contributed by atoms with Crippen molar-refractivity contribution < 1.29 is 4.79 Å². The Bertz CT molecular complexity index is 655. The summed E-state index contributed by atoms with van der Waals surface area (Å²) in [6.45, 7) is 4.33. The van der Waals surface area contributed by atoms with Gasteiger partial charge >= 0.3 is 0 Å². The molecule has 0 aliphatic carbocycles. The Hall–Kier alpha value is -2.47. The number of aryl methyl sites for hydroxylation is 1. The summed E-state index contributed by atoms with van der Waals surface area (Å²) in [6, 6.07) is 9.75. The van der Waals surface area contributed by atoms with Gasteiger partial charge in [0.25, 0.3) is 5.91 Å². The molecule has 128 valence electrons. The van der Waals surface area contributed by atoms with Crippen LogP contribution in [0.25, 0.3) is 0 Å². The van der Waals surface area contributed by atoms with Crippen molar-refractivity contribution in [2.45, 2.75) is 19.9 Å². The molecule has 1 amide bonds. The Kier molecular flexibility index (Phi) is 6.69. The largest absolute Gasteiger partial charge is 0.370 e. The summed E-state index contributed by atoms with van der Waals surface area (Å²) in [5.41, 5.74) is 2.63. The highest BCUT2D eigenvalue weighted by molar-refractivity contribution is 5.92. The normalized spacial score (nSPS) is 10.7. The number of nitrogens with zero attached hydrogens (tertiary/aromatic N) is 3. The van der Waals surface area contributed by atoms with E-state index in [-0.39, 0.29) is 5.91 Å². The van der Waals surface area contributed by atoms with Crippen LogP contribution >= 0.6 is 0 Å². The van der Waals surface area contributed by atoms with Crippen LogP contribution in [0.2, 0.25) is 0 Å². The summed E-state index contributed by atoms with van der Waals surface area (Å²) in [6.07, 6.45) is 2.42. The van der Waals surface area contributed by atoms with E-state index in [1.54, 1.807) is 6.07 Å². The molecule has 0 atom stereocenters. The highest BCUT2D eigenvalue weighted by Gasteiger charge is 2.08. The highest BCUT2D eigenvalue weighted by atomic mass is 16.1. The minimum absolute atomic E-state index is 0.200. The van der Waals surface area contributed by atoms with E-state index in [0.29, 0.717) is 18.1 Å². The van der Waals surface area contributed by atoms with Gasteiger partial charge < -0.3 is 15.5 Å². The molecule has 0 radical (unpaired) electrons. The maximum atomic E-state index is 12.2. The molecule has 24 heavy (non-hydrogen) atoms. The van der Waals surface area contributed by atoms with Gasteiger partial charge in [-0.15, -0.1) is 0 Å². The number of amides is 1. The van der Waals surface area contributed by atoms with E-state index >= 15 is 0 Å². The molecule has 6 nitrogen and oxygen atoms in total. The number of carbonyl (C=O) groups is 1. The first-order valence-electron chi connectivity index (χ1n) is 8.09. The monoisotopic (exact) mass is 327 g/mol. The van der Waals surface area contributed by atoms with Gasteiger partial charge in [-0.2, -0.15) is 0 Å². The molecule has 2 rings (SSSR count). The summed E-state index contributed by atoms with van der Waals surface area (Å²) in [5, 5.41) is 6.10. The zero-order valence-corrected chi connectivity index (χ0v) is 14.5. The maximum Gasteiger partial charge on any atom is 0.270 e. The minimum Gasteiger partial charge on any atom is -0.370 e. The van der Waals surface area contributed by atoms with Gasteiger partial charge in [-0.3, -0.25) is 4.79 Å². The molecule has 2 N–H and O–H groups in total. The molecule has 1 heterocycles. The Morgan fingerprint density at radius 3 is 2.62 bits per heavy atom. The fraction of sp³-hybridized carbons (Fsp3) is 0.389. The Morgan fingerprint density at radius 2 is 1.92 bits per heavy atom. The molecule has 2 aromatic rings. The maximum absolute atomic E-state index is 12.2. The van der Waals surface area contributed by atoms with Crippen molar-refractivity contribution in [3.63, 3.8) is 0 Å². The molecule has 0 saturated heterocycles. The minimum atomic E-state index is -0.200. The second kappa shape index (κ2) is 8.98. The van der Waals surface area contributed by atoms with Gasteiger partial charge in [0.1, 0.15) is 17.8 Å². The van der Waals surface area contributed by atoms with E-state index in [1.807, 2.05) is 45.3 Å². The lowest BCUT2D eigenvalue weighted by Gasteiger charge is -2.10. The van der Waals surface area contributed by atoms with Crippen LogP contribution in [0.3, 0.4) is 0 Å². The van der Waals surface area contributed by atoms with Gasteiger partial charge in [0, 0.05) is 19.2 Å². The SMILES string of the molecule is Cc1ccc(CNC(=O)c2cc(NCCCN(C)C)ncn2)cc1. The molecular formula is C18H25N5O. The van der Waals surface area contributed by atoms with Crippen LogP contribution in [0.15, 0.2) is 36.7 Å². The lowest BCUT2D eigenvalue weighted by molar-refractivity contribution is 0.0946. The molecule has 0 saturated carbocycles. The van der Waals surface area contributed by atoms with Crippen molar-refractivity contribution in [1.82, 2.24) is 20.2 Å². The van der Waals surface area contributed by atoms with Crippen molar-refractivity contribution in [2.75, 3.05) is 32.5 Å². The molecule has 0 aliphatic rings. The molecule has 0 bridgehead atoms. The van der Waals surface area contributed by atoms with Crippen molar-refractivity contribution in [3.05, 3.63) is 53.5 Å². The third-order valence-corrected chi connectivity index (χ3v) is 3.56. The van der Waals surface area contributed by atoms with Crippen molar-refractivity contribution in [2.24, 2.45) is 0 Å². The zero-order valence-electron chi connectivity index (χ0n) is 14.5. The molecule has 1 aromatic carbocycles. The number of benzene rings is 1. The lowest BCUT2D eigenvalue weighted by atomic mass is 10.1. The summed E-state index contributed by atoms with van der Waals surface area (Å²) in [7, 11) is 4.09. The van der Waals surface area contributed by atoms with Crippen LogP contribution in [-0.2, 0) is 6.54 Å². The quantitative estimate of drug-likeness (QED) is 0.727. The van der Waals surface area contributed by atoms with Crippen LogP contribution in [0.5, 0.6) is 0 Å². The Morgan fingerprint density at radius 1 is 1.17 bits per heavy atom. The second-order valence-electron chi connectivity index (χ2n) is 6.04. The van der Waals surface area contributed by atoms with Gasteiger partial charge in [0.05, 0.1) is 0 Å². The van der Waals surface area contributed by atoms with E-state index in [1.165, 1.54) is 11.9 Å². The van der Waals surface area contributed by atoms with Crippen LogP contribution < -0.4 is 10.6 Å². The van der Waals surface area contributed by atoms with Gasteiger partial charge in [-0.05, 0) is 39.5 Å². The zero-order chi connectivity index (χ0) is 17.4. The number of hydrogen-bond acceptors (Lipinski definition) is 5. The first-order valence-corrected chi connectivity index (χ1v) is 8.09. The molecule has 0 spiro atoms. The first kappa shape index (κ1) is 17.9. The van der Waals surface area contributed by atoms with Gasteiger partial charge in [0.15, 0.2) is 0 Å². The lowest BCUT2D eigenvalue weighted by Crippen LogP contribution is -2.24. The average molecular weight is 327 g/mol. The highest BCUT2D eigenvalue weighted by Crippen LogP contribution is 2.06. The fourth-order valence-corrected chi connectivity index (χ4v) is 2.17. The van der Waals surface area contributed by atoms with E-state index < -0.39 is 0 Å². The molecule has 0 aliphatic heterocycles. The summed E-state index contributed by atoms with van der Waals surface area (Å²) in [5.74, 6) is 0.471. The number of anilines is 1. The van der Waals surface area contributed by atoms with E-state index in [2.05, 4.69) is 25.5 Å². The third kappa shape index (κ3) is 5.96. The van der Waals surface area contributed by atoms with E-state index in [0.717, 1.165) is 25.1 Å². The number of hydrogen-bond donors (Lipinski definition) is 2. The summed E-state index contributed by atoms with van der Waals surface area (Å²) >= 11 is 0.